The van der Waals surface area contributed by atoms with E-state index in [-0.39, 0.29) is 23.9 Å². The van der Waals surface area contributed by atoms with Crippen molar-refractivity contribution in [2.75, 3.05) is 0 Å². The first-order valence-electron chi connectivity index (χ1n) is 6.47. The summed E-state index contributed by atoms with van der Waals surface area (Å²) in [5.74, 6) is 0.235. The van der Waals surface area contributed by atoms with Crippen molar-refractivity contribution in [2.45, 2.75) is 71.5 Å². The van der Waals surface area contributed by atoms with Crippen LogP contribution in [-0.4, -0.2) is 18.0 Å². The molecule has 1 fully saturated rings. The van der Waals surface area contributed by atoms with Crippen LogP contribution in [0.1, 0.15) is 59.3 Å². The van der Waals surface area contributed by atoms with Gasteiger partial charge in [-0.3, -0.25) is 4.79 Å². The fraction of sp³-hybridized carbons (Fsp3) is 0.923. The molecule has 0 N–H and O–H groups in total. The van der Waals surface area contributed by atoms with Crippen molar-refractivity contribution >= 4 is 5.78 Å². The smallest absolute Gasteiger partial charge is 0.135 e. The minimum Gasteiger partial charge on any atom is -0.300 e. The first-order chi connectivity index (χ1) is 7.65. The summed E-state index contributed by atoms with van der Waals surface area (Å²) in [5, 5.41) is 0. The Balaban J connectivity index is 2.26. The summed E-state index contributed by atoms with van der Waals surface area (Å²) in [7, 11) is 0. The number of carbonyl (C=O) groups excluding carboxylic acids is 1. The van der Waals surface area contributed by atoms with Gasteiger partial charge in [0.25, 0.3) is 0 Å². The van der Waals surface area contributed by atoms with Crippen molar-refractivity contribution in [1.29, 1.82) is 0 Å². The highest BCUT2D eigenvalue weighted by molar-refractivity contribution is 5.78. The molecule has 1 aliphatic heterocycles. The molecular formula is C13H24O3. The molecule has 0 aromatic heterocycles. The Morgan fingerprint density at radius 1 is 1.25 bits per heavy atom. The Bertz CT molecular complexity index is 215. The zero-order valence-corrected chi connectivity index (χ0v) is 10.7. The molecule has 1 aliphatic rings. The molecule has 3 atom stereocenters. The van der Waals surface area contributed by atoms with Crippen LogP contribution in [0.2, 0.25) is 0 Å². The van der Waals surface area contributed by atoms with E-state index in [4.69, 9.17) is 9.78 Å². The molecule has 3 unspecified atom stereocenters. The summed E-state index contributed by atoms with van der Waals surface area (Å²) >= 11 is 0. The zero-order valence-electron chi connectivity index (χ0n) is 10.7. The molecule has 1 heterocycles. The average Bonchev–Trinajstić information content (AvgIpc) is 2.26. The topological polar surface area (TPSA) is 35.5 Å². The molecule has 0 bridgehead atoms. The van der Waals surface area contributed by atoms with E-state index in [1.54, 1.807) is 6.92 Å². The normalized spacial score (nSPS) is 30.3. The summed E-state index contributed by atoms with van der Waals surface area (Å²) in [6, 6.07) is 0. The lowest BCUT2D eigenvalue weighted by molar-refractivity contribution is -0.379. The number of ketones is 1. The lowest BCUT2D eigenvalue weighted by atomic mass is 9.90. The maximum Gasteiger partial charge on any atom is 0.135 e. The Labute approximate surface area is 98.4 Å². The third-order valence-electron chi connectivity index (χ3n) is 3.33. The van der Waals surface area contributed by atoms with Gasteiger partial charge in [0.05, 0.1) is 12.2 Å². The Kier molecular flexibility index (Phi) is 5.99. The molecule has 0 radical (unpaired) electrons. The number of Topliss-reactive ketones (excluding diaryl/α,β-unsaturated/α-hetero) is 1. The zero-order chi connectivity index (χ0) is 12.0. The van der Waals surface area contributed by atoms with Crippen molar-refractivity contribution in [1.82, 2.24) is 0 Å². The first-order valence-corrected chi connectivity index (χ1v) is 6.47. The van der Waals surface area contributed by atoms with Gasteiger partial charge in [-0.15, -0.1) is 0 Å². The monoisotopic (exact) mass is 228 g/mol. The molecule has 0 saturated carbocycles. The van der Waals surface area contributed by atoms with E-state index < -0.39 is 0 Å². The van der Waals surface area contributed by atoms with Crippen LogP contribution in [0.5, 0.6) is 0 Å². The van der Waals surface area contributed by atoms with Crippen LogP contribution in [0.4, 0.5) is 0 Å². The standard InChI is InChI=1S/C13H24O3/c1-4-5-6-7-8-12-9-13(10(2)14)11(3)15-16-12/h11-13H,4-9H2,1-3H3. The number of unbranched alkanes of at least 4 members (excludes halogenated alkanes) is 3. The molecule has 3 heteroatoms. The van der Waals surface area contributed by atoms with Crippen LogP contribution in [0, 0.1) is 5.92 Å². The van der Waals surface area contributed by atoms with E-state index in [0.29, 0.717) is 0 Å². The summed E-state index contributed by atoms with van der Waals surface area (Å²) in [4.78, 5) is 21.9. The van der Waals surface area contributed by atoms with E-state index >= 15 is 0 Å². The summed E-state index contributed by atoms with van der Waals surface area (Å²) in [6.07, 6.45) is 6.79. The van der Waals surface area contributed by atoms with Crippen LogP contribution < -0.4 is 0 Å². The van der Waals surface area contributed by atoms with Gasteiger partial charge >= 0.3 is 0 Å². The molecule has 0 spiro atoms. The fourth-order valence-corrected chi connectivity index (χ4v) is 2.21. The highest BCUT2D eigenvalue weighted by Crippen LogP contribution is 2.26. The van der Waals surface area contributed by atoms with Gasteiger partial charge in [0.1, 0.15) is 5.78 Å². The van der Waals surface area contributed by atoms with E-state index in [1.165, 1.54) is 25.7 Å². The predicted molar refractivity (Wildman–Crippen MR) is 63.0 cm³/mol. The van der Waals surface area contributed by atoms with E-state index in [1.807, 2.05) is 6.92 Å². The fourth-order valence-electron chi connectivity index (χ4n) is 2.21. The Hall–Kier alpha value is -0.410. The highest BCUT2D eigenvalue weighted by Gasteiger charge is 2.32. The number of rotatable bonds is 6. The lowest BCUT2D eigenvalue weighted by Gasteiger charge is -2.31. The molecule has 0 amide bonds. The Morgan fingerprint density at radius 2 is 2.00 bits per heavy atom. The van der Waals surface area contributed by atoms with Gasteiger partial charge in [0, 0.05) is 5.92 Å². The molecular weight excluding hydrogens is 204 g/mol. The lowest BCUT2D eigenvalue weighted by Crippen LogP contribution is -2.37. The van der Waals surface area contributed by atoms with Crippen molar-refractivity contribution in [3.63, 3.8) is 0 Å². The van der Waals surface area contributed by atoms with Gasteiger partial charge in [0.2, 0.25) is 0 Å². The van der Waals surface area contributed by atoms with Crippen molar-refractivity contribution < 1.29 is 14.6 Å². The molecule has 3 nitrogen and oxygen atoms in total. The number of hydrogen-bond acceptors (Lipinski definition) is 3. The second kappa shape index (κ2) is 7.02. The van der Waals surface area contributed by atoms with Crippen LogP contribution in [0.15, 0.2) is 0 Å². The third-order valence-corrected chi connectivity index (χ3v) is 3.33. The summed E-state index contributed by atoms with van der Waals surface area (Å²) in [6.45, 7) is 5.75. The van der Waals surface area contributed by atoms with Crippen LogP contribution in [-0.2, 0) is 14.6 Å². The minimum atomic E-state index is -0.0932. The molecule has 1 saturated heterocycles. The first kappa shape index (κ1) is 13.7. The van der Waals surface area contributed by atoms with Crippen LogP contribution >= 0.6 is 0 Å². The van der Waals surface area contributed by atoms with Gasteiger partial charge in [-0.1, -0.05) is 32.6 Å². The Morgan fingerprint density at radius 3 is 2.62 bits per heavy atom. The third kappa shape index (κ3) is 4.22. The van der Waals surface area contributed by atoms with Gasteiger partial charge in [0.15, 0.2) is 0 Å². The largest absolute Gasteiger partial charge is 0.300 e. The van der Waals surface area contributed by atoms with Crippen molar-refractivity contribution in [3.8, 4) is 0 Å². The van der Waals surface area contributed by atoms with Crippen LogP contribution in [0.3, 0.4) is 0 Å². The molecule has 0 aliphatic carbocycles. The van der Waals surface area contributed by atoms with E-state index in [2.05, 4.69) is 6.92 Å². The second-order valence-corrected chi connectivity index (χ2v) is 4.82. The molecule has 0 aromatic rings. The van der Waals surface area contributed by atoms with Crippen LogP contribution in [0.25, 0.3) is 0 Å². The van der Waals surface area contributed by atoms with Gasteiger partial charge in [-0.05, 0) is 26.7 Å². The van der Waals surface area contributed by atoms with Gasteiger partial charge < -0.3 is 0 Å². The predicted octanol–water partition coefficient (Wildman–Crippen LogP) is 3.27. The maximum absolute atomic E-state index is 11.4. The molecule has 16 heavy (non-hydrogen) atoms. The van der Waals surface area contributed by atoms with Crippen molar-refractivity contribution in [2.24, 2.45) is 5.92 Å². The number of hydrogen-bond donors (Lipinski definition) is 0. The quantitative estimate of drug-likeness (QED) is 0.517. The molecule has 0 aromatic carbocycles. The average molecular weight is 228 g/mol. The second-order valence-electron chi connectivity index (χ2n) is 4.82. The number of carbonyl (C=O) groups is 1. The SMILES string of the molecule is CCCCCCC1CC(C(C)=O)C(C)OO1. The summed E-state index contributed by atoms with van der Waals surface area (Å²) < 4.78 is 0. The molecule has 94 valence electrons. The minimum absolute atomic E-state index is 0.0184. The van der Waals surface area contributed by atoms with Gasteiger partial charge in [-0.25, -0.2) is 9.78 Å². The summed E-state index contributed by atoms with van der Waals surface area (Å²) in [5.41, 5.74) is 0. The van der Waals surface area contributed by atoms with E-state index in [0.717, 1.165) is 12.8 Å². The van der Waals surface area contributed by atoms with Gasteiger partial charge in [-0.2, -0.15) is 0 Å². The molecule has 1 rings (SSSR count). The van der Waals surface area contributed by atoms with Crippen molar-refractivity contribution in [3.05, 3.63) is 0 Å². The maximum atomic E-state index is 11.4. The van der Waals surface area contributed by atoms with E-state index in [9.17, 15) is 4.79 Å². The highest BCUT2D eigenvalue weighted by atomic mass is 17.2.